The summed E-state index contributed by atoms with van der Waals surface area (Å²) < 4.78 is 0. The zero-order valence-corrected chi connectivity index (χ0v) is 9.04. The zero-order valence-electron chi connectivity index (χ0n) is 9.04. The molecule has 0 saturated heterocycles. The number of aliphatic hydroxyl groups excluding tert-OH is 1. The average Bonchev–Trinajstić information content (AvgIpc) is 2.15. The van der Waals surface area contributed by atoms with Gasteiger partial charge in [0.05, 0.1) is 6.61 Å². The summed E-state index contributed by atoms with van der Waals surface area (Å²) in [5.74, 6) is 1.49. The van der Waals surface area contributed by atoms with Crippen molar-refractivity contribution in [2.45, 2.75) is 27.4 Å². The van der Waals surface area contributed by atoms with Gasteiger partial charge in [-0.15, -0.1) is 0 Å². The largest absolute Gasteiger partial charge is 0.392 e. The first-order chi connectivity index (χ1) is 6.63. The molecular formula is C11H18N2O. The van der Waals surface area contributed by atoms with E-state index in [0.717, 1.165) is 23.6 Å². The minimum Gasteiger partial charge on any atom is -0.392 e. The molecule has 1 heterocycles. The Kier molecular flexibility index (Phi) is 3.89. The van der Waals surface area contributed by atoms with Crippen LogP contribution in [0.5, 0.6) is 0 Å². The molecule has 78 valence electrons. The van der Waals surface area contributed by atoms with Gasteiger partial charge in [0.15, 0.2) is 0 Å². The third-order valence-corrected chi connectivity index (χ3v) is 2.06. The number of rotatable bonds is 4. The maximum Gasteiger partial charge on any atom is 0.126 e. The Labute approximate surface area is 85.2 Å². The molecule has 1 aromatic rings. The summed E-state index contributed by atoms with van der Waals surface area (Å²) in [6.07, 6.45) is 0. The van der Waals surface area contributed by atoms with Crippen molar-refractivity contribution in [2.75, 3.05) is 11.9 Å². The lowest BCUT2D eigenvalue weighted by Crippen LogP contribution is -2.09. The molecule has 0 spiro atoms. The van der Waals surface area contributed by atoms with Crippen molar-refractivity contribution in [3.8, 4) is 0 Å². The summed E-state index contributed by atoms with van der Waals surface area (Å²) >= 11 is 0. The molecule has 0 aliphatic heterocycles. The number of nitrogens with zero attached hydrogens (tertiary/aromatic N) is 1. The quantitative estimate of drug-likeness (QED) is 0.770. The van der Waals surface area contributed by atoms with Gasteiger partial charge in [0.25, 0.3) is 0 Å². The molecule has 0 bridgehead atoms. The van der Waals surface area contributed by atoms with E-state index in [-0.39, 0.29) is 6.61 Å². The highest BCUT2D eigenvalue weighted by Gasteiger charge is 2.00. The van der Waals surface area contributed by atoms with E-state index < -0.39 is 0 Å². The number of nitrogens with one attached hydrogen (secondary N) is 1. The first-order valence-electron chi connectivity index (χ1n) is 4.94. The third kappa shape index (κ3) is 3.00. The zero-order chi connectivity index (χ0) is 10.6. The molecule has 0 aliphatic carbocycles. The number of anilines is 1. The lowest BCUT2D eigenvalue weighted by molar-refractivity contribution is 0.280. The van der Waals surface area contributed by atoms with E-state index in [2.05, 4.69) is 24.1 Å². The minimum atomic E-state index is 0.0588. The van der Waals surface area contributed by atoms with E-state index in [9.17, 15) is 0 Å². The number of aliphatic hydroxyl groups is 1. The van der Waals surface area contributed by atoms with E-state index in [1.54, 1.807) is 0 Å². The molecule has 0 amide bonds. The Balaban J connectivity index is 2.66. The molecule has 3 heteroatoms. The van der Waals surface area contributed by atoms with Crippen molar-refractivity contribution in [1.82, 2.24) is 4.98 Å². The van der Waals surface area contributed by atoms with Crippen LogP contribution in [0.2, 0.25) is 0 Å². The Morgan fingerprint density at radius 2 is 2.14 bits per heavy atom. The monoisotopic (exact) mass is 194 g/mol. The summed E-state index contributed by atoms with van der Waals surface area (Å²) in [6, 6.07) is 3.81. The van der Waals surface area contributed by atoms with Crippen LogP contribution in [0.4, 0.5) is 5.82 Å². The predicted octanol–water partition coefficient (Wildman–Crippen LogP) is 1.95. The molecule has 0 fully saturated rings. The normalized spacial score (nSPS) is 10.6. The molecule has 0 radical (unpaired) electrons. The summed E-state index contributed by atoms with van der Waals surface area (Å²) in [4.78, 5) is 4.34. The van der Waals surface area contributed by atoms with Crippen LogP contribution >= 0.6 is 0 Å². The van der Waals surface area contributed by atoms with Crippen LogP contribution in [0.25, 0.3) is 0 Å². The van der Waals surface area contributed by atoms with Gasteiger partial charge in [0.2, 0.25) is 0 Å². The van der Waals surface area contributed by atoms with Gasteiger partial charge in [-0.1, -0.05) is 19.9 Å². The maximum absolute atomic E-state index is 8.97. The van der Waals surface area contributed by atoms with Gasteiger partial charge in [-0.2, -0.15) is 0 Å². The molecular weight excluding hydrogens is 176 g/mol. The standard InChI is InChI=1S/C11H18N2O/c1-8(2)6-12-11-5-4-10(7-14)9(3)13-11/h4-5,8,14H,6-7H2,1-3H3,(H,12,13). The van der Waals surface area contributed by atoms with E-state index >= 15 is 0 Å². The van der Waals surface area contributed by atoms with Crippen molar-refractivity contribution >= 4 is 5.82 Å². The van der Waals surface area contributed by atoms with Gasteiger partial charge < -0.3 is 10.4 Å². The van der Waals surface area contributed by atoms with Gasteiger partial charge in [0.1, 0.15) is 5.82 Å². The van der Waals surface area contributed by atoms with Crippen molar-refractivity contribution in [3.63, 3.8) is 0 Å². The summed E-state index contributed by atoms with van der Waals surface area (Å²) in [6.45, 7) is 7.20. The average molecular weight is 194 g/mol. The van der Waals surface area contributed by atoms with Crippen molar-refractivity contribution in [3.05, 3.63) is 23.4 Å². The fraction of sp³-hybridized carbons (Fsp3) is 0.545. The number of hydrogen-bond acceptors (Lipinski definition) is 3. The molecule has 1 aromatic heterocycles. The van der Waals surface area contributed by atoms with E-state index in [0.29, 0.717) is 5.92 Å². The van der Waals surface area contributed by atoms with E-state index in [4.69, 9.17) is 5.11 Å². The molecule has 14 heavy (non-hydrogen) atoms. The second kappa shape index (κ2) is 4.96. The molecule has 0 aromatic carbocycles. The van der Waals surface area contributed by atoms with Crippen LogP contribution in [0.1, 0.15) is 25.1 Å². The van der Waals surface area contributed by atoms with E-state index in [1.807, 2.05) is 19.1 Å². The van der Waals surface area contributed by atoms with Crippen LogP contribution in [0.3, 0.4) is 0 Å². The summed E-state index contributed by atoms with van der Waals surface area (Å²) in [5, 5.41) is 12.2. The second-order valence-electron chi connectivity index (χ2n) is 3.87. The first kappa shape index (κ1) is 11.0. The Hall–Kier alpha value is -1.09. The number of aromatic nitrogens is 1. The molecule has 0 saturated carbocycles. The van der Waals surface area contributed by atoms with Crippen molar-refractivity contribution in [2.24, 2.45) is 5.92 Å². The van der Waals surface area contributed by atoms with Gasteiger partial charge in [0, 0.05) is 12.2 Å². The lowest BCUT2D eigenvalue weighted by atomic mass is 10.2. The fourth-order valence-electron chi connectivity index (χ4n) is 1.16. The Morgan fingerprint density at radius 1 is 1.43 bits per heavy atom. The van der Waals surface area contributed by atoms with Gasteiger partial charge >= 0.3 is 0 Å². The molecule has 1 rings (SSSR count). The smallest absolute Gasteiger partial charge is 0.126 e. The van der Waals surface area contributed by atoms with Gasteiger partial charge in [-0.3, -0.25) is 0 Å². The SMILES string of the molecule is Cc1nc(NCC(C)C)ccc1CO. The highest BCUT2D eigenvalue weighted by atomic mass is 16.3. The predicted molar refractivity (Wildman–Crippen MR) is 58.2 cm³/mol. The minimum absolute atomic E-state index is 0.0588. The first-order valence-corrected chi connectivity index (χ1v) is 4.94. The van der Waals surface area contributed by atoms with E-state index in [1.165, 1.54) is 0 Å². The van der Waals surface area contributed by atoms with Gasteiger partial charge in [-0.25, -0.2) is 4.98 Å². The summed E-state index contributed by atoms with van der Waals surface area (Å²) in [5.41, 5.74) is 1.78. The topological polar surface area (TPSA) is 45.2 Å². The third-order valence-electron chi connectivity index (χ3n) is 2.06. The highest BCUT2D eigenvalue weighted by molar-refractivity contribution is 5.38. The Bertz CT molecular complexity index is 297. The van der Waals surface area contributed by atoms with Crippen molar-refractivity contribution in [1.29, 1.82) is 0 Å². The molecule has 0 atom stereocenters. The highest BCUT2D eigenvalue weighted by Crippen LogP contribution is 2.10. The number of aryl methyl sites for hydroxylation is 1. The maximum atomic E-state index is 8.97. The Morgan fingerprint density at radius 3 is 2.64 bits per heavy atom. The fourth-order valence-corrected chi connectivity index (χ4v) is 1.16. The van der Waals surface area contributed by atoms with Crippen LogP contribution in [0.15, 0.2) is 12.1 Å². The van der Waals surface area contributed by atoms with Crippen molar-refractivity contribution < 1.29 is 5.11 Å². The molecule has 0 unspecified atom stereocenters. The second-order valence-corrected chi connectivity index (χ2v) is 3.87. The van der Waals surface area contributed by atoms with Crippen LogP contribution in [-0.2, 0) is 6.61 Å². The molecule has 0 aliphatic rings. The van der Waals surface area contributed by atoms with Crippen LogP contribution < -0.4 is 5.32 Å². The van der Waals surface area contributed by atoms with Crippen LogP contribution in [-0.4, -0.2) is 16.6 Å². The lowest BCUT2D eigenvalue weighted by Gasteiger charge is -2.09. The summed E-state index contributed by atoms with van der Waals surface area (Å²) in [7, 11) is 0. The molecule has 3 nitrogen and oxygen atoms in total. The van der Waals surface area contributed by atoms with Gasteiger partial charge in [-0.05, 0) is 24.5 Å². The molecule has 2 N–H and O–H groups in total. The number of hydrogen-bond donors (Lipinski definition) is 2. The number of pyridine rings is 1. The van der Waals surface area contributed by atoms with Crippen LogP contribution in [0, 0.1) is 12.8 Å².